The van der Waals surface area contributed by atoms with E-state index in [1.165, 1.54) is 19.3 Å². The third-order valence-electron chi connectivity index (χ3n) is 1.53. The fourth-order valence-corrected chi connectivity index (χ4v) is 1.30. The molecule has 0 amide bonds. The van der Waals surface area contributed by atoms with Gasteiger partial charge in [0.05, 0.1) is 0 Å². The summed E-state index contributed by atoms with van der Waals surface area (Å²) in [6.07, 6.45) is 3.66. The van der Waals surface area contributed by atoms with Crippen molar-refractivity contribution in [2.24, 2.45) is 5.73 Å². The van der Waals surface area contributed by atoms with Gasteiger partial charge >= 0.3 is 0 Å². The SMILES string of the molecule is N[C@@H]1CCC[C@H]1S. The first-order chi connectivity index (χ1) is 3.30. The first-order valence-corrected chi connectivity index (χ1v) is 3.26. The molecule has 1 aliphatic carbocycles. The average molecular weight is 117 g/mol. The zero-order valence-corrected chi connectivity index (χ0v) is 5.20. The van der Waals surface area contributed by atoms with Crippen LogP contribution >= 0.6 is 12.6 Å². The lowest BCUT2D eigenvalue weighted by Gasteiger charge is -2.04. The van der Waals surface area contributed by atoms with E-state index < -0.39 is 0 Å². The Morgan fingerprint density at radius 2 is 2.14 bits per heavy atom. The van der Waals surface area contributed by atoms with Gasteiger partial charge in [-0.05, 0) is 12.8 Å². The van der Waals surface area contributed by atoms with Crippen molar-refractivity contribution < 1.29 is 0 Å². The molecule has 1 rings (SSSR count). The molecule has 2 N–H and O–H groups in total. The summed E-state index contributed by atoms with van der Waals surface area (Å²) in [5.74, 6) is 0. The van der Waals surface area contributed by atoms with Crippen molar-refractivity contribution in [3.63, 3.8) is 0 Å². The van der Waals surface area contributed by atoms with Gasteiger partial charge in [0.15, 0.2) is 0 Å². The molecule has 1 aliphatic rings. The van der Waals surface area contributed by atoms with Crippen LogP contribution in [0.1, 0.15) is 19.3 Å². The number of hydrogen-bond acceptors (Lipinski definition) is 2. The standard InChI is InChI=1S/C5H11NS/c6-4-2-1-3-5(4)7/h4-5,7H,1-3,6H2/t4-,5-/m1/s1. The van der Waals surface area contributed by atoms with Crippen LogP contribution in [0.5, 0.6) is 0 Å². The second kappa shape index (κ2) is 2.05. The predicted molar refractivity (Wildman–Crippen MR) is 34.6 cm³/mol. The maximum atomic E-state index is 5.60. The molecule has 0 unspecified atom stereocenters. The lowest BCUT2D eigenvalue weighted by atomic mass is 10.3. The van der Waals surface area contributed by atoms with E-state index in [9.17, 15) is 0 Å². The molecule has 0 aromatic carbocycles. The molecular formula is C5H11NS. The normalized spacial score (nSPS) is 42.0. The summed E-state index contributed by atoms with van der Waals surface area (Å²) in [5, 5.41) is 0.486. The molecule has 2 atom stereocenters. The molecule has 1 fully saturated rings. The molecule has 0 bridgehead atoms. The van der Waals surface area contributed by atoms with Crippen molar-refractivity contribution in [3.8, 4) is 0 Å². The van der Waals surface area contributed by atoms with Crippen LogP contribution in [0.4, 0.5) is 0 Å². The minimum absolute atomic E-state index is 0.378. The molecule has 0 spiro atoms. The minimum atomic E-state index is 0.378. The van der Waals surface area contributed by atoms with E-state index in [-0.39, 0.29) is 0 Å². The Labute approximate surface area is 49.7 Å². The van der Waals surface area contributed by atoms with E-state index in [2.05, 4.69) is 12.6 Å². The van der Waals surface area contributed by atoms with Gasteiger partial charge in [-0.2, -0.15) is 12.6 Å². The van der Waals surface area contributed by atoms with E-state index in [1.54, 1.807) is 0 Å². The van der Waals surface area contributed by atoms with Crippen molar-refractivity contribution in [3.05, 3.63) is 0 Å². The number of rotatable bonds is 0. The van der Waals surface area contributed by atoms with Crippen LogP contribution in [0.15, 0.2) is 0 Å². The smallest absolute Gasteiger partial charge is 0.0168 e. The zero-order valence-electron chi connectivity index (χ0n) is 4.30. The van der Waals surface area contributed by atoms with E-state index in [4.69, 9.17) is 5.73 Å². The Bertz CT molecular complexity index is 57.1. The highest BCUT2D eigenvalue weighted by molar-refractivity contribution is 7.81. The fraction of sp³-hybridized carbons (Fsp3) is 1.00. The lowest BCUT2D eigenvalue weighted by Crippen LogP contribution is -2.24. The van der Waals surface area contributed by atoms with Crippen LogP contribution in [-0.2, 0) is 0 Å². The molecular weight excluding hydrogens is 106 g/mol. The number of thiol groups is 1. The van der Waals surface area contributed by atoms with Crippen molar-refractivity contribution in [2.45, 2.75) is 30.6 Å². The van der Waals surface area contributed by atoms with Crippen LogP contribution < -0.4 is 5.73 Å². The molecule has 2 heteroatoms. The Balaban J connectivity index is 2.33. The lowest BCUT2D eigenvalue weighted by molar-refractivity contribution is 0.719. The topological polar surface area (TPSA) is 26.0 Å². The van der Waals surface area contributed by atoms with Crippen molar-refractivity contribution in [1.29, 1.82) is 0 Å². The highest BCUT2D eigenvalue weighted by Crippen LogP contribution is 2.21. The highest BCUT2D eigenvalue weighted by atomic mass is 32.1. The van der Waals surface area contributed by atoms with Gasteiger partial charge in [-0.15, -0.1) is 0 Å². The quantitative estimate of drug-likeness (QED) is 0.451. The second-order valence-corrected chi connectivity index (χ2v) is 2.83. The second-order valence-electron chi connectivity index (χ2n) is 2.16. The van der Waals surface area contributed by atoms with Gasteiger partial charge < -0.3 is 5.73 Å². The summed E-state index contributed by atoms with van der Waals surface area (Å²) < 4.78 is 0. The van der Waals surface area contributed by atoms with Crippen LogP contribution in [0.3, 0.4) is 0 Å². The van der Waals surface area contributed by atoms with Crippen LogP contribution in [0, 0.1) is 0 Å². The van der Waals surface area contributed by atoms with Gasteiger partial charge in [0, 0.05) is 11.3 Å². The monoisotopic (exact) mass is 117 g/mol. The van der Waals surface area contributed by atoms with Crippen molar-refractivity contribution in [2.75, 3.05) is 0 Å². The summed E-state index contributed by atoms with van der Waals surface area (Å²) in [6, 6.07) is 0.378. The Hall–Kier alpha value is 0.310. The molecule has 0 aromatic heterocycles. The van der Waals surface area contributed by atoms with E-state index in [1.807, 2.05) is 0 Å². The molecule has 0 saturated heterocycles. The van der Waals surface area contributed by atoms with Gasteiger partial charge in [0.25, 0.3) is 0 Å². The van der Waals surface area contributed by atoms with Crippen molar-refractivity contribution >= 4 is 12.6 Å². The molecule has 7 heavy (non-hydrogen) atoms. The largest absolute Gasteiger partial charge is 0.327 e. The van der Waals surface area contributed by atoms with Gasteiger partial charge in [-0.1, -0.05) is 6.42 Å². The molecule has 42 valence electrons. The third-order valence-corrected chi connectivity index (χ3v) is 2.17. The van der Waals surface area contributed by atoms with Crippen molar-refractivity contribution in [1.82, 2.24) is 0 Å². The molecule has 0 aliphatic heterocycles. The summed E-state index contributed by atoms with van der Waals surface area (Å²) in [5.41, 5.74) is 5.60. The molecule has 0 radical (unpaired) electrons. The maximum Gasteiger partial charge on any atom is 0.0168 e. The first kappa shape index (κ1) is 5.45. The third kappa shape index (κ3) is 1.10. The summed E-state index contributed by atoms with van der Waals surface area (Å²) in [6.45, 7) is 0. The average Bonchev–Trinajstić information content (AvgIpc) is 1.91. The zero-order chi connectivity index (χ0) is 5.28. The van der Waals surface area contributed by atoms with E-state index >= 15 is 0 Å². The Kier molecular flexibility index (Phi) is 1.60. The molecule has 1 saturated carbocycles. The Morgan fingerprint density at radius 1 is 1.43 bits per heavy atom. The summed E-state index contributed by atoms with van der Waals surface area (Å²) >= 11 is 4.26. The minimum Gasteiger partial charge on any atom is -0.327 e. The Morgan fingerprint density at radius 3 is 2.29 bits per heavy atom. The van der Waals surface area contributed by atoms with Gasteiger partial charge in [-0.25, -0.2) is 0 Å². The van der Waals surface area contributed by atoms with Gasteiger partial charge in [0.1, 0.15) is 0 Å². The van der Waals surface area contributed by atoms with Crippen LogP contribution in [0.25, 0.3) is 0 Å². The van der Waals surface area contributed by atoms with Gasteiger partial charge in [0.2, 0.25) is 0 Å². The fourth-order valence-electron chi connectivity index (χ4n) is 0.969. The summed E-state index contributed by atoms with van der Waals surface area (Å²) in [7, 11) is 0. The van der Waals surface area contributed by atoms with Crippen LogP contribution in [-0.4, -0.2) is 11.3 Å². The molecule has 0 heterocycles. The van der Waals surface area contributed by atoms with E-state index in [0.29, 0.717) is 11.3 Å². The number of nitrogens with two attached hydrogens (primary N) is 1. The van der Waals surface area contributed by atoms with Gasteiger partial charge in [-0.3, -0.25) is 0 Å². The molecule has 0 aromatic rings. The predicted octanol–water partition coefficient (Wildman–Crippen LogP) is 0.796. The highest BCUT2D eigenvalue weighted by Gasteiger charge is 2.19. The summed E-state index contributed by atoms with van der Waals surface area (Å²) in [4.78, 5) is 0. The van der Waals surface area contributed by atoms with Crippen LogP contribution in [0.2, 0.25) is 0 Å². The van der Waals surface area contributed by atoms with E-state index in [0.717, 1.165) is 0 Å². The maximum absolute atomic E-state index is 5.60. The first-order valence-electron chi connectivity index (χ1n) is 2.74. The number of hydrogen-bond donors (Lipinski definition) is 2. The molecule has 1 nitrogen and oxygen atoms in total.